The van der Waals surface area contributed by atoms with Gasteiger partial charge in [-0.25, -0.2) is 9.37 Å². The van der Waals surface area contributed by atoms with Crippen LogP contribution in [0.1, 0.15) is 55.4 Å². The number of nitrogens with zero attached hydrogens (tertiary/aromatic N) is 5. The topological polar surface area (TPSA) is 120 Å². The summed E-state index contributed by atoms with van der Waals surface area (Å²) in [6.45, 7) is 8.76. The van der Waals surface area contributed by atoms with Crippen molar-refractivity contribution < 1.29 is 13.9 Å². The van der Waals surface area contributed by atoms with E-state index >= 15 is 4.39 Å². The maximum Gasteiger partial charge on any atom is 0.244 e. The van der Waals surface area contributed by atoms with E-state index in [0.29, 0.717) is 46.0 Å². The van der Waals surface area contributed by atoms with Gasteiger partial charge in [-0.1, -0.05) is 13.0 Å². The minimum atomic E-state index is -0.404. The van der Waals surface area contributed by atoms with E-state index in [4.69, 9.17) is 20.4 Å². The van der Waals surface area contributed by atoms with Gasteiger partial charge in [0.05, 0.1) is 29.0 Å². The maximum absolute atomic E-state index is 15.0. The normalized spacial score (nSPS) is 22.0. The third-order valence-corrected chi connectivity index (χ3v) is 10.7. The second kappa shape index (κ2) is 10.3. The number of piperidine rings is 1. The van der Waals surface area contributed by atoms with Gasteiger partial charge in [-0.3, -0.25) is 4.79 Å². The first-order valence-corrected chi connectivity index (χ1v) is 15.6. The predicted molar refractivity (Wildman–Crippen MR) is 168 cm³/mol. The number of hydrogen-bond acceptors (Lipinski definition) is 9. The number of carbonyl (C=O) groups excluding carboxylic acids is 1. The van der Waals surface area contributed by atoms with E-state index in [0.717, 1.165) is 82.4 Å². The van der Waals surface area contributed by atoms with Gasteiger partial charge in [0.1, 0.15) is 28.7 Å². The van der Waals surface area contributed by atoms with E-state index in [1.165, 1.54) is 6.07 Å². The number of likely N-dealkylation sites (tertiary alicyclic amines) is 1. The van der Waals surface area contributed by atoms with E-state index in [-0.39, 0.29) is 23.6 Å². The number of carbonyl (C=O) groups is 1. The molecule has 1 amide bonds. The van der Waals surface area contributed by atoms with E-state index < -0.39 is 5.82 Å². The molecule has 2 fully saturated rings. The summed E-state index contributed by atoms with van der Waals surface area (Å²) >= 11 is 1.09. The van der Waals surface area contributed by atoms with Gasteiger partial charge >= 0.3 is 0 Å². The lowest BCUT2D eigenvalue weighted by molar-refractivity contribution is -0.132. The molecule has 2 aromatic heterocycles. The Balaban J connectivity index is 1.52. The van der Waals surface area contributed by atoms with Gasteiger partial charge < -0.3 is 25.6 Å². The number of nitrogens with two attached hydrogens (primary N) is 1. The molecule has 3 aliphatic rings. The molecule has 2 saturated heterocycles. The third kappa shape index (κ3) is 4.22. The summed E-state index contributed by atoms with van der Waals surface area (Å²) in [6.07, 6.45) is 2.68. The summed E-state index contributed by atoms with van der Waals surface area (Å²) in [5, 5.41) is 15.2. The molecule has 0 bridgehead atoms. The van der Waals surface area contributed by atoms with Crippen LogP contribution in [0, 0.1) is 30.0 Å². The van der Waals surface area contributed by atoms with Crippen molar-refractivity contribution in [1.82, 2.24) is 14.9 Å². The van der Waals surface area contributed by atoms with E-state index in [9.17, 15) is 10.1 Å². The zero-order valence-electron chi connectivity index (χ0n) is 24.8. The van der Waals surface area contributed by atoms with Crippen molar-refractivity contribution in [3.05, 3.63) is 40.2 Å². The van der Waals surface area contributed by atoms with Gasteiger partial charge in [-0.15, -0.1) is 11.3 Å². The zero-order chi connectivity index (χ0) is 30.2. The number of hydrogen-bond donors (Lipinski definition) is 2. The average Bonchev–Trinajstić information content (AvgIpc) is 3.69. The Morgan fingerprint density at radius 2 is 1.95 bits per heavy atom. The molecule has 43 heavy (non-hydrogen) atoms. The molecule has 7 rings (SSSR count). The summed E-state index contributed by atoms with van der Waals surface area (Å²) in [6, 6.07) is 5.25. The van der Waals surface area contributed by atoms with Crippen LogP contribution in [-0.4, -0.2) is 53.0 Å². The maximum atomic E-state index is 15.0. The minimum absolute atomic E-state index is 0.0525. The smallest absolute Gasteiger partial charge is 0.244 e. The lowest BCUT2D eigenvalue weighted by Crippen LogP contribution is -2.45. The largest absolute Gasteiger partial charge is 0.389 e. The first-order chi connectivity index (χ1) is 20.7. The number of aromatic nitrogens is 2. The van der Waals surface area contributed by atoms with Crippen LogP contribution < -0.4 is 16.0 Å². The molecule has 4 aromatic rings. The number of likely N-dealkylation sites (N-methyl/N-ethyl adjacent to an activating group) is 1. The fourth-order valence-corrected chi connectivity index (χ4v) is 7.99. The summed E-state index contributed by atoms with van der Waals surface area (Å²) in [4.78, 5) is 27.5. The number of amides is 1. The minimum Gasteiger partial charge on any atom is -0.389 e. The molecule has 9 nitrogen and oxygen atoms in total. The van der Waals surface area contributed by atoms with Crippen molar-refractivity contribution in [2.24, 2.45) is 5.92 Å². The summed E-state index contributed by atoms with van der Waals surface area (Å²) in [5.41, 5.74) is 11.7. The van der Waals surface area contributed by atoms with Crippen LogP contribution in [0.5, 0.6) is 0 Å². The fourth-order valence-electron chi connectivity index (χ4n) is 7.04. The van der Waals surface area contributed by atoms with Crippen molar-refractivity contribution in [3.8, 4) is 17.2 Å². The Bertz CT molecular complexity index is 1870. The Hall–Kier alpha value is -4.01. The van der Waals surface area contributed by atoms with Crippen molar-refractivity contribution >= 4 is 55.0 Å². The third-order valence-electron chi connectivity index (χ3n) is 9.66. The van der Waals surface area contributed by atoms with Crippen LogP contribution in [0.4, 0.5) is 21.2 Å². The highest BCUT2D eigenvalue weighted by atomic mass is 32.1. The quantitative estimate of drug-likeness (QED) is 0.306. The van der Waals surface area contributed by atoms with Gasteiger partial charge in [-0.2, -0.15) is 10.2 Å². The van der Waals surface area contributed by atoms with E-state index in [1.54, 1.807) is 11.0 Å². The van der Waals surface area contributed by atoms with Crippen molar-refractivity contribution in [2.75, 3.05) is 36.1 Å². The summed E-state index contributed by atoms with van der Waals surface area (Å²) in [5.74, 6) is 1.40. The molecule has 0 saturated carbocycles. The summed E-state index contributed by atoms with van der Waals surface area (Å²) < 4.78 is 21.4. The van der Waals surface area contributed by atoms with Crippen LogP contribution in [0.15, 0.2) is 12.1 Å². The van der Waals surface area contributed by atoms with Crippen molar-refractivity contribution in [1.29, 1.82) is 5.26 Å². The Morgan fingerprint density at radius 3 is 2.70 bits per heavy atom. The van der Waals surface area contributed by atoms with Crippen molar-refractivity contribution in [2.45, 2.75) is 65.3 Å². The van der Waals surface area contributed by atoms with Crippen LogP contribution in [0.2, 0.25) is 0 Å². The molecule has 3 atom stereocenters. The molecule has 3 aliphatic heterocycles. The fraction of sp³-hybridized carbons (Fsp3) is 0.438. The Morgan fingerprint density at radius 1 is 1.16 bits per heavy atom. The first kappa shape index (κ1) is 27.8. The molecule has 5 heterocycles. The number of nitriles is 1. The molecule has 3 unspecified atom stereocenters. The number of ether oxygens (including phenoxy) is 1. The molecule has 0 radical (unpaired) electrons. The number of rotatable bonds is 4. The lowest BCUT2D eigenvalue weighted by Gasteiger charge is -2.31. The molecule has 0 aliphatic carbocycles. The van der Waals surface area contributed by atoms with Crippen LogP contribution in [-0.2, 0) is 22.7 Å². The highest BCUT2D eigenvalue weighted by Crippen LogP contribution is 2.47. The molecule has 11 heteroatoms. The number of aryl methyl sites for hydroxylation is 1. The van der Waals surface area contributed by atoms with Crippen LogP contribution in [0.25, 0.3) is 32.1 Å². The van der Waals surface area contributed by atoms with Gasteiger partial charge in [-0.05, 0) is 72.9 Å². The van der Waals surface area contributed by atoms with Crippen LogP contribution >= 0.6 is 11.3 Å². The van der Waals surface area contributed by atoms with Gasteiger partial charge in [0.15, 0.2) is 0 Å². The number of benzene rings is 2. The molecular weight excluding hydrogens is 565 g/mol. The zero-order valence-corrected chi connectivity index (χ0v) is 25.6. The van der Waals surface area contributed by atoms with Crippen LogP contribution in [0.3, 0.4) is 0 Å². The molecule has 3 N–H and O–H groups in total. The second-order valence-electron chi connectivity index (χ2n) is 12.1. The molecule has 2 aromatic carbocycles. The number of nitrogens with one attached hydrogen (secondary N) is 1. The number of thiophene rings is 1. The number of halogens is 1. The standard InChI is InChI=1S/C32H34FN7O2S/c1-15-9-11-40(17(15)3)32-37-27-16(2)24(18-7-8-22(33)28-25(18)19(12-34)29(35)43-28)20-13-42-14-21(20)26(27)30(38-32)36-23-6-5-10-39(4)31(23)41/h7-8,15,17,23H,5-6,9-11,13-14,35H2,1-4H3,(H,36,37,38). The monoisotopic (exact) mass is 599 g/mol. The Kier molecular flexibility index (Phi) is 6.67. The van der Waals surface area contributed by atoms with Gasteiger partial charge in [0.25, 0.3) is 0 Å². The molecular formula is C32H34FN7O2S. The van der Waals surface area contributed by atoms with E-state index in [1.807, 2.05) is 14.0 Å². The van der Waals surface area contributed by atoms with Gasteiger partial charge in [0, 0.05) is 37.0 Å². The van der Waals surface area contributed by atoms with Crippen molar-refractivity contribution in [3.63, 3.8) is 0 Å². The van der Waals surface area contributed by atoms with Gasteiger partial charge in [0.2, 0.25) is 11.9 Å². The second-order valence-corrected chi connectivity index (χ2v) is 13.1. The lowest BCUT2D eigenvalue weighted by atomic mass is 9.87. The Labute approximate surface area is 253 Å². The average molecular weight is 600 g/mol. The summed E-state index contributed by atoms with van der Waals surface area (Å²) in [7, 11) is 1.84. The number of fused-ring (bicyclic) bond motifs is 4. The molecule has 0 spiro atoms. The number of anilines is 3. The predicted octanol–water partition coefficient (Wildman–Crippen LogP) is 5.71. The number of nitrogen functional groups attached to an aromatic ring is 1. The van der Waals surface area contributed by atoms with E-state index in [2.05, 4.69) is 30.1 Å². The first-order valence-electron chi connectivity index (χ1n) is 14.8. The highest BCUT2D eigenvalue weighted by molar-refractivity contribution is 7.23. The SMILES string of the molecule is Cc1c(-c2ccc(F)c3sc(N)c(C#N)c23)c2c(c3c(NC4CCCN(C)C4=O)nc(N4CCC(C)C4C)nc13)COC2. The molecule has 222 valence electrons. The highest BCUT2D eigenvalue weighted by Gasteiger charge is 2.34.